The topological polar surface area (TPSA) is 66.4 Å². The first-order valence-corrected chi connectivity index (χ1v) is 6.51. The molecule has 2 rings (SSSR count). The summed E-state index contributed by atoms with van der Waals surface area (Å²) in [5, 5.41) is 11.9. The zero-order valence-corrected chi connectivity index (χ0v) is 10.4. The lowest BCUT2D eigenvalue weighted by Gasteiger charge is -2.38. The van der Waals surface area contributed by atoms with Crippen molar-refractivity contribution in [3.63, 3.8) is 0 Å². The van der Waals surface area contributed by atoms with Crippen LogP contribution in [0.15, 0.2) is 0 Å². The number of amides is 1. The third-order valence-corrected chi connectivity index (χ3v) is 4.40. The number of rotatable bonds is 4. The second-order valence-electron chi connectivity index (χ2n) is 5.93. The van der Waals surface area contributed by atoms with Crippen LogP contribution in [0.3, 0.4) is 0 Å². The van der Waals surface area contributed by atoms with Crippen LogP contribution in [0.2, 0.25) is 0 Å². The van der Waals surface area contributed by atoms with Crippen molar-refractivity contribution in [3.05, 3.63) is 0 Å². The molecule has 2 fully saturated rings. The van der Waals surface area contributed by atoms with Gasteiger partial charge in [-0.3, -0.25) is 9.59 Å². The third-order valence-electron chi connectivity index (χ3n) is 4.40. The molecule has 0 saturated heterocycles. The van der Waals surface area contributed by atoms with Gasteiger partial charge >= 0.3 is 5.97 Å². The summed E-state index contributed by atoms with van der Waals surface area (Å²) in [7, 11) is 0. The Morgan fingerprint density at radius 3 is 2.41 bits per heavy atom. The molecule has 17 heavy (non-hydrogen) atoms. The van der Waals surface area contributed by atoms with Crippen molar-refractivity contribution in [2.45, 2.75) is 45.4 Å². The molecule has 0 aromatic heterocycles. The van der Waals surface area contributed by atoms with Gasteiger partial charge in [-0.05, 0) is 37.5 Å². The average molecular weight is 239 g/mol. The quantitative estimate of drug-likeness (QED) is 0.786. The fourth-order valence-corrected chi connectivity index (χ4v) is 2.85. The van der Waals surface area contributed by atoms with E-state index in [2.05, 4.69) is 12.2 Å². The Balaban J connectivity index is 1.75. The van der Waals surface area contributed by atoms with Crippen LogP contribution in [-0.4, -0.2) is 23.5 Å². The van der Waals surface area contributed by atoms with Crippen molar-refractivity contribution >= 4 is 11.9 Å². The van der Waals surface area contributed by atoms with Crippen LogP contribution < -0.4 is 5.32 Å². The van der Waals surface area contributed by atoms with Crippen molar-refractivity contribution in [2.75, 3.05) is 6.54 Å². The summed E-state index contributed by atoms with van der Waals surface area (Å²) in [5.41, 5.74) is 0.292. The van der Waals surface area contributed by atoms with Crippen molar-refractivity contribution in [1.82, 2.24) is 5.32 Å². The lowest BCUT2D eigenvalue weighted by Crippen LogP contribution is -2.41. The molecule has 0 heterocycles. The first-order valence-electron chi connectivity index (χ1n) is 6.51. The van der Waals surface area contributed by atoms with Gasteiger partial charge in [0.25, 0.3) is 0 Å². The molecule has 0 radical (unpaired) electrons. The van der Waals surface area contributed by atoms with Gasteiger partial charge < -0.3 is 10.4 Å². The molecule has 4 nitrogen and oxygen atoms in total. The normalized spacial score (nSPS) is 30.6. The summed E-state index contributed by atoms with van der Waals surface area (Å²) >= 11 is 0. The van der Waals surface area contributed by atoms with Gasteiger partial charge in [-0.25, -0.2) is 0 Å². The second kappa shape index (κ2) is 4.67. The molecule has 96 valence electrons. The molecule has 2 N–H and O–H groups in total. The predicted octanol–water partition coefficient (Wildman–Crippen LogP) is 1.79. The first kappa shape index (κ1) is 12.4. The number of hydrogen-bond donors (Lipinski definition) is 2. The van der Waals surface area contributed by atoms with E-state index in [4.69, 9.17) is 5.11 Å². The Kier molecular flexibility index (Phi) is 3.40. The fourth-order valence-electron chi connectivity index (χ4n) is 2.85. The molecule has 2 saturated carbocycles. The standard InChI is InChI=1S/C13H21NO3/c1-13(5-2-6-13)8-14-11(15)9-3-4-10(7-9)12(16)17/h9-10H,2-8H2,1H3,(H,14,15)(H,16,17). The number of carbonyl (C=O) groups is 2. The van der Waals surface area contributed by atoms with Crippen LogP contribution in [-0.2, 0) is 9.59 Å². The minimum absolute atomic E-state index is 0.0573. The van der Waals surface area contributed by atoms with Gasteiger partial charge in [-0.15, -0.1) is 0 Å². The van der Waals surface area contributed by atoms with Crippen molar-refractivity contribution < 1.29 is 14.7 Å². The summed E-state index contributed by atoms with van der Waals surface area (Å²) in [6.45, 7) is 2.95. The lowest BCUT2D eigenvalue weighted by molar-refractivity contribution is -0.141. The third kappa shape index (κ3) is 2.79. The SMILES string of the molecule is CC1(CNC(=O)C2CCC(C(=O)O)C2)CCC1. The maximum Gasteiger partial charge on any atom is 0.306 e. The van der Waals surface area contributed by atoms with Gasteiger partial charge in [0.2, 0.25) is 5.91 Å². The second-order valence-corrected chi connectivity index (χ2v) is 5.93. The molecule has 2 aliphatic carbocycles. The van der Waals surface area contributed by atoms with Gasteiger partial charge in [0, 0.05) is 12.5 Å². The molecule has 1 amide bonds. The van der Waals surface area contributed by atoms with Crippen LogP contribution in [0, 0.1) is 17.3 Å². The molecule has 0 bridgehead atoms. The molecule has 4 heteroatoms. The summed E-state index contributed by atoms with van der Waals surface area (Å²) in [6, 6.07) is 0. The largest absolute Gasteiger partial charge is 0.481 e. The Hall–Kier alpha value is -1.06. The summed E-state index contributed by atoms with van der Waals surface area (Å²) in [4.78, 5) is 22.7. The predicted molar refractivity (Wildman–Crippen MR) is 63.4 cm³/mol. The Morgan fingerprint density at radius 1 is 1.29 bits per heavy atom. The molecule has 0 spiro atoms. The van der Waals surface area contributed by atoms with E-state index in [1.807, 2.05) is 0 Å². The maximum absolute atomic E-state index is 11.9. The number of nitrogens with one attached hydrogen (secondary N) is 1. The number of carboxylic acid groups (broad SMARTS) is 1. The van der Waals surface area contributed by atoms with Crippen molar-refractivity contribution in [1.29, 1.82) is 0 Å². The molecule has 0 aromatic rings. The summed E-state index contributed by atoms with van der Waals surface area (Å²) < 4.78 is 0. The maximum atomic E-state index is 11.9. The molecule has 0 aromatic carbocycles. The number of hydrogen-bond acceptors (Lipinski definition) is 2. The minimum atomic E-state index is -0.758. The molecule has 2 aliphatic rings. The highest BCUT2D eigenvalue weighted by Gasteiger charge is 2.36. The van der Waals surface area contributed by atoms with E-state index in [9.17, 15) is 9.59 Å². The molecular formula is C13H21NO3. The number of aliphatic carboxylic acids is 1. The fraction of sp³-hybridized carbons (Fsp3) is 0.846. The Labute approximate surface area is 102 Å². The van der Waals surface area contributed by atoms with Crippen molar-refractivity contribution in [2.24, 2.45) is 17.3 Å². The van der Waals surface area contributed by atoms with Gasteiger partial charge in [-0.1, -0.05) is 13.3 Å². The van der Waals surface area contributed by atoms with E-state index < -0.39 is 5.97 Å². The average Bonchev–Trinajstić information content (AvgIpc) is 2.72. The zero-order chi connectivity index (χ0) is 12.5. The Morgan fingerprint density at radius 2 is 1.94 bits per heavy atom. The van der Waals surface area contributed by atoms with E-state index >= 15 is 0 Å². The summed E-state index contributed by atoms with van der Waals surface area (Å²) in [6.07, 6.45) is 5.52. The Bertz CT molecular complexity index is 323. The van der Waals surface area contributed by atoms with E-state index in [0.29, 0.717) is 18.3 Å². The summed E-state index contributed by atoms with van der Waals surface area (Å²) in [5.74, 6) is -1.10. The van der Waals surface area contributed by atoms with Gasteiger partial charge in [-0.2, -0.15) is 0 Å². The molecule has 2 unspecified atom stereocenters. The van der Waals surface area contributed by atoms with E-state index in [1.54, 1.807) is 0 Å². The van der Waals surface area contributed by atoms with Crippen molar-refractivity contribution in [3.8, 4) is 0 Å². The van der Waals surface area contributed by atoms with Crippen LogP contribution >= 0.6 is 0 Å². The van der Waals surface area contributed by atoms with Gasteiger partial charge in [0.15, 0.2) is 0 Å². The van der Waals surface area contributed by atoms with Gasteiger partial charge in [0.05, 0.1) is 5.92 Å². The first-order chi connectivity index (χ1) is 8.00. The van der Waals surface area contributed by atoms with E-state index in [-0.39, 0.29) is 17.7 Å². The van der Waals surface area contributed by atoms with Crippen LogP contribution in [0.25, 0.3) is 0 Å². The lowest BCUT2D eigenvalue weighted by atomic mass is 9.70. The minimum Gasteiger partial charge on any atom is -0.481 e. The molecule has 0 aliphatic heterocycles. The van der Waals surface area contributed by atoms with Crippen LogP contribution in [0.4, 0.5) is 0 Å². The highest BCUT2D eigenvalue weighted by Crippen LogP contribution is 2.39. The highest BCUT2D eigenvalue weighted by molar-refractivity contribution is 5.80. The molecular weight excluding hydrogens is 218 g/mol. The van der Waals surface area contributed by atoms with Crippen LogP contribution in [0.5, 0.6) is 0 Å². The smallest absolute Gasteiger partial charge is 0.306 e. The number of carbonyl (C=O) groups excluding carboxylic acids is 1. The zero-order valence-electron chi connectivity index (χ0n) is 10.4. The monoisotopic (exact) mass is 239 g/mol. The van der Waals surface area contributed by atoms with Crippen LogP contribution in [0.1, 0.15) is 45.4 Å². The van der Waals surface area contributed by atoms with E-state index in [0.717, 1.165) is 13.0 Å². The highest BCUT2D eigenvalue weighted by atomic mass is 16.4. The van der Waals surface area contributed by atoms with E-state index in [1.165, 1.54) is 19.3 Å². The molecule has 2 atom stereocenters. The number of carboxylic acids is 1. The van der Waals surface area contributed by atoms with Gasteiger partial charge in [0.1, 0.15) is 0 Å².